The highest BCUT2D eigenvalue weighted by Gasteiger charge is 2.49. The maximum Gasteiger partial charge on any atom is 0.534 e. The first-order valence-electron chi connectivity index (χ1n) is 11.2. The van der Waals surface area contributed by atoms with Gasteiger partial charge in [-0.05, 0) is 32.6 Å². The van der Waals surface area contributed by atoms with Crippen molar-refractivity contribution < 1.29 is 54.3 Å². The lowest BCUT2D eigenvalue weighted by molar-refractivity contribution is -0.168. The Hall–Kier alpha value is -2.51. The summed E-state index contributed by atoms with van der Waals surface area (Å²) in [6.07, 6.45) is 4.99. The van der Waals surface area contributed by atoms with Crippen molar-refractivity contribution in [2.75, 3.05) is 27.4 Å². The van der Waals surface area contributed by atoms with Gasteiger partial charge in [0, 0.05) is 25.0 Å². The molecule has 1 heterocycles. The summed E-state index contributed by atoms with van der Waals surface area (Å²) in [5, 5.41) is 0. The smallest absolute Gasteiger partial charge is 0.496 e. The van der Waals surface area contributed by atoms with Crippen LogP contribution in [0.15, 0.2) is 24.8 Å². The van der Waals surface area contributed by atoms with Crippen LogP contribution >= 0.6 is 0 Å². The van der Waals surface area contributed by atoms with Crippen LogP contribution in [0.5, 0.6) is 17.2 Å². The van der Waals surface area contributed by atoms with Gasteiger partial charge in [-0.15, -0.1) is 6.58 Å². The van der Waals surface area contributed by atoms with E-state index in [1.54, 1.807) is 6.92 Å². The van der Waals surface area contributed by atoms with Gasteiger partial charge >= 0.3 is 21.6 Å². The third-order valence-electron chi connectivity index (χ3n) is 5.44. The van der Waals surface area contributed by atoms with Crippen molar-refractivity contribution >= 4 is 16.1 Å². The van der Waals surface area contributed by atoms with Crippen LogP contribution in [0.4, 0.5) is 13.2 Å². The van der Waals surface area contributed by atoms with E-state index in [2.05, 4.69) is 10.8 Å². The Morgan fingerprint density at radius 2 is 1.75 bits per heavy atom. The van der Waals surface area contributed by atoms with Gasteiger partial charge in [-0.25, -0.2) is 4.79 Å². The molecule has 0 aromatic heterocycles. The maximum atomic E-state index is 12.9. The second-order valence-electron chi connectivity index (χ2n) is 8.08. The Kier molecular flexibility index (Phi) is 10.4. The molecular formula is C23H31F3O9S. The first-order chi connectivity index (χ1) is 16.9. The molecule has 0 aliphatic carbocycles. The average Bonchev–Trinajstić information content (AvgIpc) is 3.26. The zero-order valence-electron chi connectivity index (χ0n) is 20.4. The molecule has 9 nitrogen and oxygen atoms in total. The molecule has 204 valence electrons. The lowest BCUT2D eigenvalue weighted by atomic mass is 10.0. The minimum Gasteiger partial charge on any atom is -0.496 e. The fourth-order valence-corrected chi connectivity index (χ4v) is 4.13. The molecule has 0 unspecified atom stereocenters. The molecule has 0 saturated carbocycles. The number of alkyl halides is 3. The van der Waals surface area contributed by atoms with E-state index in [1.165, 1.54) is 13.2 Å². The Morgan fingerprint density at radius 1 is 1.14 bits per heavy atom. The molecular weight excluding hydrogens is 509 g/mol. The van der Waals surface area contributed by atoms with Crippen LogP contribution in [0.25, 0.3) is 0 Å². The second-order valence-corrected chi connectivity index (χ2v) is 9.62. The minimum absolute atomic E-state index is 0.0952. The highest BCUT2D eigenvalue weighted by molar-refractivity contribution is 7.88. The first-order valence-corrected chi connectivity index (χ1v) is 12.7. The molecule has 0 amide bonds. The van der Waals surface area contributed by atoms with E-state index in [-0.39, 0.29) is 11.5 Å². The molecule has 0 radical (unpaired) electrons. The molecule has 0 bridgehead atoms. The van der Waals surface area contributed by atoms with Crippen LogP contribution in [-0.4, -0.2) is 59.2 Å². The van der Waals surface area contributed by atoms with Crippen molar-refractivity contribution in [2.45, 2.75) is 62.8 Å². The number of benzene rings is 1. The van der Waals surface area contributed by atoms with Crippen LogP contribution in [0.2, 0.25) is 0 Å². The maximum absolute atomic E-state index is 12.9. The van der Waals surface area contributed by atoms with Gasteiger partial charge in [-0.3, -0.25) is 0 Å². The van der Waals surface area contributed by atoms with E-state index in [0.717, 1.165) is 26.0 Å². The van der Waals surface area contributed by atoms with E-state index in [4.69, 9.17) is 23.7 Å². The minimum atomic E-state index is -6.08. The van der Waals surface area contributed by atoms with Crippen molar-refractivity contribution in [3.05, 3.63) is 30.4 Å². The number of allylic oxidation sites excluding steroid dienone is 1. The Bertz CT molecular complexity index is 1000. The summed E-state index contributed by atoms with van der Waals surface area (Å²) >= 11 is 0. The van der Waals surface area contributed by atoms with Gasteiger partial charge < -0.3 is 27.9 Å². The summed E-state index contributed by atoms with van der Waals surface area (Å²) in [7, 11) is -3.74. The topological polar surface area (TPSA) is 107 Å². The monoisotopic (exact) mass is 540 g/mol. The Balaban J connectivity index is 2.14. The second kappa shape index (κ2) is 12.6. The molecule has 1 aliphatic heterocycles. The summed E-state index contributed by atoms with van der Waals surface area (Å²) < 4.78 is 93.1. The lowest BCUT2D eigenvalue weighted by Crippen LogP contribution is -2.30. The van der Waals surface area contributed by atoms with Gasteiger partial charge in [0.05, 0.1) is 33.5 Å². The highest BCUT2D eigenvalue weighted by Crippen LogP contribution is 2.38. The number of rotatable bonds is 14. The van der Waals surface area contributed by atoms with Crippen molar-refractivity contribution in [3.63, 3.8) is 0 Å². The van der Waals surface area contributed by atoms with Crippen molar-refractivity contribution in [1.29, 1.82) is 0 Å². The molecule has 1 atom stereocenters. The molecule has 1 aromatic carbocycles. The van der Waals surface area contributed by atoms with Gasteiger partial charge in [0.2, 0.25) is 0 Å². The Morgan fingerprint density at radius 3 is 2.31 bits per heavy atom. The molecule has 1 aliphatic rings. The van der Waals surface area contributed by atoms with E-state index < -0.39 is 44.8 Å². The number of hydrogen-bond donors (Lipinski definition) is 0. The Labute approximate surface area is 208 Å². The number of hydrogen-bond acceptors (Lipinski definition) is 9. The van der Waals surface area contributed by atoms with Crippen molar-refractivity contribution in [2.24, 2.45) is 0 Å². The predicted octanol–water partition coefficient (Wildman–Crippen LogP) is 4.75. The van der Waals surface area contributed by atoms with Gasteiger partial charge in [-0.1, -0.05) is 6.08 Å². The number of methoxy groups -OCH3 is 2. The van der Waals surface area contributed by atoms with Crippen LogP contribution < -0.4 is 13.7 Å². The number of carbonyl (C=O) groups excluding carboxylic acids is 1. The standard InChI is InChI=1S/C23H31F3O9S/c1-5-6-7-10-22(32-12-13-33-22)11-8-9-16(2)34-21(27)20-18(31-4)14-17(30-3)15-19(20)35-36(28,29)23(24,25)26/h5,14-16H,1,6-13H2,2-4H3/t16-/m0/s1. The van der Waals surface area contributed by atoms with E-state index in [9.17, 15) is 26.4 Å². The SMILES string of the molecule is C=CCCCC1(CCC[C@H](C)OC(=O)c2c(OC)cc(OC)cc2OS(=O)(=O)C(F)(F)F)OCCO1. The molecule has 36 heavy (non-hydrogen) atoms. The molecule has 1 saturated heterocycles. The third kappa shape index (κ3) is 7.74. The summed E-state index contributed by atoms with van der Waals surface area (Å²) in [6.45, 7) is 6.27. The zero-order chi connectivity index (χ0) is 27.0. The van der Waals surface area contributed by atoms with Gasteiger partial charge in [0.25, 0.3) is 0 Å². The number of esters is 1. The molecule has 1 fully saturated rings. The van der Waals surface area contributed by atoms with Crippen LogP contribution in [0.3, 0.4) is 0 Å². The summed E-state index contributed by atoms with van der Waals surface area (Å²) in [6, 6.07) is 2.02. The van der Waals surface area contributed by atoms with Crippen molar-refractivity contribution in [3.8, 4) is 17.2 Å². The fourth-order valence-electron chi connectivity index (χ4n) is 3.66. The number of carbonyl (C=O) groups is 1. The van der Waals surface area contributed by atoms with Gasteiger partial charge in [0.15, 0.2) is 11.5 Å². The largest absolute Gasteiger partial charge is 0.534 e. The van der Waals surface area contributed by atoms with Crippen LogP contribution in [0.1, 0.15) is 55.8 Å². The summed E-state index contributed by atoms with van der Waals surface area (Å²) in [5.74, 6) is -3.15. The van der Waals surface area contributed by atoms with Crippen molar-refractivity contribution in [1.82, 2.24) is 0 Å². The summed E-state index contributed by atoms with van der Waals surface area (Å²) in [5.41, 5.74) is -6.34. The molecule has 2 rings (SSSR count). The number of unbranched alkanes of at least 4 members (excludes halogenated alkanes) is 1. The number of ether oxygens (including phenoxy) is 5. The van der Waals surface area contributed by atoms with E-state index in [1.807, 2.05) is 6.08 Å². The highest BCUT2D eigenvalue weighted by atomic mass is 32.2. The molecule has 0 spiro atoms. The number of halogens is 3. The predicted molar refractivity (Wildman–Crippen MR) is 123 cm³/mol. The summed E-state index contributed by atoms with van der Waals surface area (Å²) in [4.78, 5) is 12.9. The normalized spacial score (nSPS) is 16.3. The molecule has 1 aromatic rings. The van der Waals surface area contributed by atoms with Gasteiger partial charge in [-0.2, -0.15) is 21.6 Å². The van der Waals surface area contributed by atoms with Crippen LogP contribution in [-0.2, 0) is 24.3 Å². The average molecular weight is 541 g/mol. The van der Waals surface area contributed by atoms with E-state index >= 15 is 0 Å². The fraction of sp³-hybridized carbons (Fsp3) is 0.609. The quantitative estimate of drug-likeness (QED) is 0.109. The molecule has 0 N–H and O–H groups in total. The third-order valence-corrected chi connectivity index (χ3v) is 6.40. The zero-order valence-corrected chi connectivity index (χ0v) is 21.2. The van der Waals surface area contributed by atoms with Crippen LogP contribution in [0, 0.1) is 0 Å². The molecule has 13 heteroatoms. The first kappa shape index (κ1) is 29.7. The van der Waals surface area contributed by atoms with Gasteiger partial charge in [0.1, 0.15) is 17.1 Å². The van der Waals surface area contributed by atoms with E-state index in [0.29, 0.717) is 38.9 Å². The lowest BCUT2D eigenvalue weighted by Gasteiger charge is -2.28.